The third-order valence-corrected chi connectivity index (χ3v) is 4.17. The molecule has 0 radical (unpaired) electrons. The fourth-order valence-electron chi connectivity index (χ4n) is 2.38. The molecule has 16 heavy (non-hydrogen) atoms. The summed E-state index contributed by atoms with van der Waals surface area (Å²) in [7, 11) is 0. The molecule has 0 amide bonds. The zero-order valence-corrected chi connectivity index (χ0v) is 10.6. The van der Waals surface area contributed by atoms with Crippen LogP contribution in [0.3, 0.4) is 0 Å². The second kappa shape index (κ2) is 5.61. The van der Waals surface area contributed by atoms with Crippen LogP contribution in [0.4, 0.5) is 5.13 Å². The third kappa shape index (κ3) is 2.72. The number of likely N-dealkylation sites (tertiary alicyclic amines) is 1. The monoisotopic (exact) mass is 240 g/mol. The summed E-state index contributed by atoms with van der Waals surface area (Å²) in [5.41, 5.74) is 2.60. The topological polar surface area (TPSA) is 54.2 Å². The van der Waals surface area contributed by atoms with Gasteiger partial charge in [-0.05, 0) is 25.8 Å². The van der Waals surface area contributed by atoms with Crippen molar-refractivity contribution in [3.8, 4) is 0 Å². The van der Waals surface area contributed by atoms with Crippen molar-refractivity contribution in [2.24, 2.45) is 5.84 Å². The van der Waals surface area contributed by atoms with Crippen molar-refractivity contribution in [2.75, 3.05) is 12.0 Å². The van der Waals surface area contributed by atoms with Gasteiger partial charge in [-0.3, -0.25) is 10.3 Å². The zero-order chi connectivity index (χ0) is 11.4. The van der Waals surface area contributed by atoms with Gasteiger partial charge in [-0.25, -0.2) is 10.8 Å². The minimum Gasteiger partial charge on any atom is -0.300 e. The van der Waals surface area contributed by atoms with E-state index in [1.165, 1.54) is 37.1 Å². The molecule has 1 unspecified atom stereocenters. The first kappa shape index (κ1) is 11.8. The molecular formula is C11H20N4S. The van der Waals surface area contributed by atoms with E-state index in [0.717, 1.165) is 17.7 Å². The van der Waals surface area contributed by atoms with Gasteiger partial charge in [0.1, 0.15) is 0 Å². The van der Waals surface area contributed by atoms with E-state index in [0.29, 0.717) is 0 Å². The van der Waals surface area contributed by atoms with Crippen LogP contribution >= 0.6 is 11.3 Å². The van der Waals surface area contributed by atoms with Crippen LogP contribution in [0.15, 0.2) is 6.20 Å². The Morgan fingerprint density at radius 3 is 3.19 bits per heavy atom. The van der Waals surface area contributed by atoms with Crippen LogP contribution in [0.2, 0.25) is 0 Å². The molecule has 1 aromatic heterocycles. The first-order valence-electron chi connectivity index (χ1n) is 5.99. The minimum absolute atomic E-state index is 0.755. The summed E-state index contributed by atoms with van der Waals surface area (Å²) in [5.74, 6) is 5.33. The lowest BCUT2D eigenvalue weighted by atomic mass is 10.0. The number of nitrogen functional groups attached to an aromatic ring is 1. The van der Waals surface area contributed by atoms with Gasteiger partial charge in [0.05, 0.1) is 0 Å². The van der Waals surface area contributed by atoms with Crippen LogP contribution in [-0.4, -0.2) is 22.5 Å². The molecule has 1 aliphatic heterocycles. The molecular weight excluding hydrogens is 220 g/mol. The first-order valence-corrected chi connectivity index (χ1v) is 6.80. The lowest BCUT2D eigenvalue weighted by Crippen LogP contribution is -2.38. The second-order valence-electron chi connectivity index (χ2n) is 4.30. The smallest absolute Gasteiger partial charge is 0.197 e. The summed E-state index contributed by atoms with van der Waals surface area (Å²) in [6.07, 6.45) is 7.24. The maximum atomic E-state index is 5.33. The molecule has 1 aromatic rings. The van der Waals surface area contributed by atoms with E-state index in [4.69, 9.17) is 5.84 Å². The first-order chi connectivity index (χ1) is 7.83. The van der Waals surface area contributed by atoms with Gasteiger partial charge in [0, 0.05) is 23.7 Å². The predicted molar refractivity (Wildman–Crippen MR) is 68.3 cm³/mol. The van der Waals surface area contributed by atoms with Gasteiger partial charge in [0.25, 0.3) is 0 Å². The van der Waals surface area contributed by atoms with Crippen molar-refractivity contribution in [2.45, 2.75) is 45.2 Å². The molecule has 0 aromatic carbocycles. The molecule has 3 N–H and O–H groups in total. The van der Waals surface area contributed by atoms with E-state index in [1.54, 1.807) is 11.3 Å². The highest BCUT2D eigenvalue weighted by Gasteiger charge is 2.21. The summed E-state index contributed by atoms with van der Waals surface area (Å²) < 4.78 is 0. The normalized spacial score (nSPS) is 22.2. The van der Waals surface area contributed by atoms with Crippen molar-refractivity contribution in [3.63, 3.8) is 0 Å². The van der Waals surface area contributed by atoms with Gasteiger partial charge < -0.3 is 0 Å². The molecule has 0 aliphatic carbocycles. The molecule has 4 nitrogen and oxygen atoms in total. The Morgan fingerprint density at radius 1 is 1.62 bits per heavy atom. The van der Waals surface area contributed by atoms with Crippen LogP contribution in [0.1, 0.15) is 37.5 Å². The van der Waals surface area contributed by atoms with E-state index in [1.807, 2.05) is 6.20 Å². The molecule has 0 saturated carbocycles. The number of thiazole rings is 1. The highest BCUT2D eigenvalue weighted by molar-refractivity contribution is 7.15. The average molecular weight is 240 g/mol. The van der Waals surface area contributed by atoms with E-state index in [2.05, 4.69) is 22.2 Å². The maximum absolute atomic E-state index is 5.33. The number of nitrogens with two attached hydrogens (primary N) is 1. The number of piperidine rings is 1. The summed E-state index contributed by atoms with van der Waals surface area (Å²) in [5, 5.41) is 0.806. The van der Waals surface area contributed by atoms with Gasteiger partial charge >= 0.3 is 0 Å². The molecule has 0 bridgehead atoms. The van der Waals surface area contributed by atoms with Gasteiger partial charge in [0.15, 0.2) is 5.13 Å². The molecule has 1 fully saturated rings. The summed E-state index contributed by atoms with van der Waals surface area (Å²) >= 11 is 1.65. The van der Waals surface area contributed by atoms with Gasteiger partial charge in [-0.1, -0.05) is 24.7 Å². The standard InChI is InChI=1S/C11H20N4S/c1-2-9-5-3-4-6-15(9)8-10-7-13-11(14-12)16-10/h7,9H,2-6,8,12H2,1H3,(H,13,14). The van der Waals surface area contributed by atoms with Gasteiger partial charge in [-0.15, -0.1) is 0 Å². The number of rotatable bonds is 4. The van der Waals surface area contributed by atoms with Crippen LogP contribution in [0.5, 0.6) is 0 Å². The third-order valence-electron chi connectivity index (χ3n) is 3.26. The van der Waals surface area contributed by atoms with E-state index in [9.17, 15) is 0 Å². The Morgan fingerprint density at radius 2 is 2.50 bits per heavy atom. The Labute approximate surface area is 101 Å². The number of nitrogens with one attached hydrogen (secondary N) is 1. The van der Waals surface area contributed by atoms with Crippen molar-refractivity contribution in [1.82, 2.24) is 9.88 Å². The van der Waals surface area contributed by atoms with Crippen LogP contribution in [0, 0.1) is 0 Å². The van der Waals surface area contributed by atoms with E-state index in [-0.39, 0.29) is 0 Å². The number of anilines is 1. The molecule has 1 atom stereocenters. The quantitative estimate of drug-likeness (QED) is 0.626. The van der Waals surface area contributed by atoms with Gasteiger partial charge in [-0.2, -0.15) is 0 Å². The van der Waals surface area contributed by atoms with Crippen LogP contribution in [-0.2, 0) is 6.54 Å². The minimum atomic E-state index is 0.755. The lowest BCUT2D eigenvalue weighted by molar-refractivity contribution is 0.137. The molecule has 2 rings (SSSR count). The predicted octanol–water partition coefficient (Wildman–Crippen LogP) is 2.19. The number of nitrogens with zero attached hydrogens (tertiary/aromatic N) is 2. The fourth-order valence-corrected chi connectivity index (χ4v) is 3.13. The Bertz CT molecular complexity index is 326. The van der Waals surface area contributed by atoms with Crippen molar-refractivity contribution in [3.05, 3.63) is 11.1 Å². The van der Waals surface area contributed by atoms with Gasteiger partial charge in [0.2, 0.25) is 0 Å². The fraction of sp³-hybridized carbons (Fsp3) is 0.727. The lowest BCUT2D eigenvalue weighted by Gasteiger charge is -2.34. The largest absolute Gasteiger partial charge is 0.300 e. The van der Waals surface area contributed by atoms with Crippen molar-refractivity contribution in [1.29, 1.82) is 0 Å². The Kier molecular flexibility index (Phi) is 4.15. The highest BCUT2D eigenvalue weighted by atomic mass is 32.1. The van der Waals surface area contributed by atoms with Crippen LogP contribution < -0.4 is 11.3 Å². The average Bonchev–Trinajstić information content (AvgIpc) is 2.77. The van der Waals surface area contributed by atoms with Crippen LogP contribution in [0.25, 0.3) is 0 Å². The Hall–Kier alpha value is -0.650. The molecule has 5 heteroatoms. The van der Waals surface area contributed by atoms with Crippen molar-refractivity contribution >= 4 is 16.5 Å². The van der Waals surface area contributed by atoms with Crippen molar-refractivity contribution < 1.29 is 0 Å². The molecule has 2 heterocycles. The number of aromatic nitrogens is 1. The highest BCUT2D eigenvalue weighted by Crippen LogP contribution is 2.24. The second-order valence-corrected chi connectivity index (χ2v) is 5.42. The molecule has 0 spiro atoms. The summed E-state index contributed by atoms with van der Waals surface area (Å²) in [4.78, 5) is 8.09. The summed E-state index contributed by atoms with van der Waals surface area (Å²) in [6.45, 7) is 4.53. The number of hydrogen-bond donors (Lipinski definition) is 2. The molecule has 1 aliphatic rings. The number of hydrogen-bond acceptors (Lipinski definition) is 5. The SMILES string of the molecule is CCC1CCCCN1Cc1cnc(NN)s1. The van der Waals surface area contributed by atoms with E-state index < -0.39 is 0 Å². The Balaban J connectivity index is 1.96. The summed E-state index contributed by atoms with van der Waals surface area (Å²) in [6, 6.07) is 0.755. The van der Waals surface area contributed by atoms with E-state index >= 15 is 0 Å². The molecule has 90 valence electrons. The number of hydrazine groups is 1. The maximum Gasteiger partial charge on any atom is 0.197 e. The zero-order valence-electron chi connectivity index (χ0n) is 9.78. The molecule has 1 saturated heterocycles.